The molecule has 0 fully saturated rings. The van der Waals surface area contributed by atoms with Crippen LogP contribution in [0.15, 0.2) is 0 Å². The lowest BCUT2D eigenvalue weighted by atomic mass is 10.2. The Bertz CT molecular complexity index is 125. The van der Waals surface area contributed by atoms with Crippen LogP contribution in [0.4, 0.5) is 13.2 Å². The zero-order valence-electron chi connectivity index (χ0n) is 7.82. The van der Waals surface area contributed by atoms with Gasteiger partial charge in [0.25, 0.3) is 0 Å². The van der Waals surface area contributed by atoms with Crippen LogP contribution in [0.2, 0.25) is 0 Å². The van der Waals surface area contributed by atoms with Crippen LogP contribution in [0.1, 0.15) is 26.2 Å². The summed E-state index contributed by atoms with van der Waals surface area (Å²) in [4.78, 5) is 0. The van der Waals surface area contributed by atoms with Crippen molar-refractivity contribution >= 4 is 0 Å². The maximum absolute atomic E-state index is 11.7. The van der Waals surface area contributed by atoms with Crippen LogP contribution in [0, 0.1) is 0 Å². The third-order valence-corrected chi connectivity index (χ3v) is 1.73. The summed E-state index contributed by atoms with van der Waals surface area (Å²) in [5.74, 6) is 0. The number of halogens is 3. The van der Waals surface area contributed by atoms with E-state index in [2.05, 4.69) is 5.32 Å². The molecule has 0 bridgehead atoms. The summed E-state index contributed by atoms with van der Waals surface area (Å²) in [6.45, 7) is 3.03. The van der Waals surface area contributed by atoms with E-state index in [4.69, 9.17) is 5.73 Å². The minimum absolute atomic E-state index is 0.186. The molecule has 2 nitrogen and oxygen atoms in total. The first-order valence-corrected chi connectivity index (χ1v) is 4.46. The molecule has 0 aliphatic carbocycles. The fourth-order valence-electron chi connectivity index (χ4n) is 0.882. The highest BCUT2D eigenvalue weighted by atomic mass is 19.4. The maximum atomic E-state index is 11.7. The number of nitrogens with two attached hydrogens (primary N) is 1. The lowest BCUT2D eigenvalue weighted by Gasteiger charge is -2.11. The molecule has 5 heteroatoms. The summed E-state index contributed by atoms with van der Waals surface area (Å²) in [6, 6.07) is 0.186. The first-order chi connectivity index (χ1) is 5.95. The van der Waals surface area contributed by atoms with E-state index in [0.717, 1.165) is 0 Å². The number of alkyl halides is 3. The highest BCUT2D eigenvalue weighted by Crippen LogP contribution is 2.21. The van der Waals surface area contributed by atoms with Crippen molar-refractivity contribution in [3.63, 3.8) is 0 Å². The average Bonchev–Trinajstić information content (AvgIpc) is 2.01. The van der Waals surface area contributed by atoms with Crippen LogP contribution in [0.25, 0.3) is 0 Å². The van der Waals surface area contributed by atoms with Gasteiger partial charge < -0.3 is 11.1 Å². The summed E-state index contributed by atoms with van der Waals surface area (Å²) in [7, 11) is 0. The summed E-state index contributed by atoms with van der Waals surface area (Å²) >= 11 is 0. The van der Waals surface area contributed by atoms with E-state index in [-0.39, 0.29) is 12.5 Å². The molecule has 0 saturated carbocycles. The highest BCUT2D eigenvalue weighted by molar-refractivity contribution is 4.60. The van der Waals surface area contributed by atoms with Gasteiger partial charge in [-0.1, -0.05) is 0 Å². The van der Waals surface area contributed by atoms with E-state index in [1.807, 2.05) is 6.92 Å². The third kappa shape index (κ3) is 9.63. The van der Waals surface area contributed by atoms with Crippen molar-refractivity contribution in [2.45, 2.75) is 38.4 Å². The molecule has 0 aromatic rings. The maximum Gasteiger partial charge on any atom is 0.389 e. The molecule has 0 spiro atoms. The zero-order valence-corrected chi connectivity index (χ0v) is 7.82. The first kappa shape index (κ1) is 12.7. The van der Waals surface area contributed by atoms with Crippen molar-refractivity contribution in [2.24, 2.45) is 5.73 Å². The minimum atomic E-state index is -4.01. The van der Waals surface area contributed by atoms with Crippen molar-refractivity contribution in [2.75, 3.05) is 13.1 Å². The molecule has 0 rings (SSSR count). The second-order valence-electron chi connectivity index (χ2n) is 3.16. The van der Waals surface area contributed by atoms with Crippen molar-refractivity contribution < 1.29 is 13.2 Å². The van der Waals surface area contributed by atoms with Crippen LogP contribution in [0.5, 0.6) is 0 Å². The molecule has 0 saturated heterocycles. The predicted molar refractivity (Wildman–Crippen MR) is 46.4 cm³/mol. The van der Waals surface area contributed by atoms with Gasteiger partial charge in [0.2, 0.25) is 0 Å². The summed E-state index contributed by atoms with van der Waals surface area (Å²) in [6.07, 6.45) is -3.97. The molecule has 3 N–H and O–H groups in total. The van der Waals surface area contributed by atoms with E-state index < -0.39 is 12.6 Å². The van der Waals surface area contributed by atoms with E-state index in [1.165, 1.54) is 0 Å². The average molecular weight is 198 g/mol. The molecule has 0 amide bonds. The lowest BCUT2D eigenvalue weighted by Crippen LogP contribution is -2.33. The van der Waals surface area contributed by atoms with Gasteiger partial charge in [-0.2, -0.15) is 13.2 Å². The fourth-order valence-corrected chi connectivity index (χ4v) is 0.882. The lowest BCUT2D eigenvalue weighted by molar-refractivity contribution is -0.135. The van der Waals surface area contributed by atoms with Crippen LogP contribution >= 0.6 is 0 Å². The van der Waals surface area contributed by atoms with Gasteiger partial charge in [0.1, 0.15) is 0 Å². The van der Waals surface area contributed by atoms with Crippen molar-refractivity contribution in [1.29, 1.82) is 0 Å². The molecule has 0 aromatic carbocycles. The van der Waals surface area contributed by atoms with Gasteiger partial charge >= 0.3 is 6.18 Å². The quantitative estimate of drug-likeness (QED) is 0.637. The molecule has 0 radical (unpaired) electrons. The molecule has 13 heavy (non-hydrogen) atoms. The second kappa shape index (κ2) is 6.21. The predicted octanol–water partition coefficient (Wildman–Crippen LogP) is 1.66. The van der Waals surface area contributed by atoms with Gasteiger partial charge in [-0.3, -0.25) is 0 Å². The molecule has 0 heterocycles. The van der Waals surface area contributed by atoms with Gasteiger partial charge in [0.15, 0.2) is 0 Å². The molecular weight excluding hydrogens is 181 g/mol. The Balaban J connectivity index is 3.18. The Hall–Kier alpha value is -0.290. The minimum Gasteiger partial charge on any atom is -0.329 e. The molecule has 0 aliphatic heterocycles. The van der Waals surface area contributed by atoms with Crippen LogP contribution in [0.3, 0.4) is 0 Å². The van der Waals surface area contributed by atoms with Gasteiger partial charge in [-0.05, 0) is 26.3 Å². The summed E-state index contributed by atoms with van der Waals surface area (Å²) in [5.41, 5.74) is 5.31. The molecular formula is C8H17F3N2. The van der Waals surface area contributed by atoms with E-state index in [0.29, 0.717) is 19.5 Å². The second-order valence-corrected chi connectivity index (χ2v) is 3.16. The van der Waals surface area contributed by atoms with Gasteiger partial charge in [0, 0.05) is 19.0 Å². The van der Waals surface area contributed by atoms with Crippen LogP contribution in [-0.2, 0) is 0 Å². The van der Waals surface area contributed by atoms with E-state index in [1.54, 1.807) is 0 Å². The Morgan fingerprint density at radius 2 is 1.92 bits per heavy atom. The SMILES string of the molecule is CC(CN)NCCCCC(F)(F)F. The number of nitrogens with one attached hydrogen (secondary N) is 1. The van der Waals surface area contributed by atoms with Crippen LogP contribution in [-0.4, -0.2) is 25.3 Å². The van der Waals surface area contributed by atoms with E-state index in [9.17, 15) is 13.2 Å². The Kier molecular flexibility index (Phi) is 6.07. The van der Waals surface area contributed by atoms with Crippen molar-refractivity contribution in [1.82, 2.24) is 5.32 Å². The Morgan fingerprint density at radius 3 is 2.38 bits per heavy atom. The third-order valence-electron chi connectivity index (χ3n) is 1.73. The van der Waals surface area contributed by atoms with Gasteiger partial charge in [-0.25, -0.2) is 0 Å². The highest BCUT2D eigenvalue weighted by Gasteiger charge is 2.25. The topological polar surface area (TPSA) is 38.0 Å². The molecule has 0 aliphatic rings. The summed E-state index contributed by atoms with van der Waals surface area (Å²) in [5, 5.41) is 3.03. The van der Waals surface area contributed by atoms with Gasteiger partial charge in [0.05, 0.1) is 0 Å². The zero-order chi connectivity index (χ0) is 10.3. The van der Waals surface area contributed by atoms with Crippen molar-refractivity contribution in [3.05, 3.63) is 0 Å². The first-order valence-electron chi connectivity index (χ1n) is 4.46. The monoisotopic (exact) mass is 198 g/mol. The normalized spacial score (nSPS) is 14.5. The van der Waals surface area contributed by atoms with E-state index >= 15 is 0 Å². The fraction of sp³-hybridized carbons (Fsp3) is 1.00. The molecule has 1 atom stereocenters. The summed E-state index contributed by atoms with van der Waals surface area (Å²) < 4.78 is 35.0. The van der Waals surface area contributed by atoms with Crippen LogP contribution < -0.4 is 11.1 Å². The smallest absolute Gasteiger partial charge is 0.329 e. The standard InChI is InChI=1S/C8H17F3N2/c1-7(6-12)13-5-3-2-4-8(9,10)11/h7,13H,2-6,12H2,1H3. The largest absolute Gasteiger partial charge is 0.389 e. The molecule has 0 aromatic heterocycles. The Labute approximate surface area is 76.7 Å². The number of hydrogen-bond acceptors (Lipinski definition) is 2. The van der Waals surface area contributed by atoms with Gasteiger partial charge in [-0.15, -0.1) is 0 Å². The molecule has 1 unspecified atom stereocenters. The number of hydrogen-bond donors (Lipinski definition) is 2. The number of rotatable bonds is 6. The van der Waals surface area contributed by atoms with Crippen molar-refractivity contribution in [3.8, 4) is 0 Å². The number of unbranched alkanes of at least 4 members (excludes halogenated alkanes) is 1. The molecule has 80 valence electrons. The Morgan fingerprint density at radius 1 is 1.31 bits per heavy atom.